The molecule has 0 atom stereocenters. The third kappa shape index (κ3) is 4.55. The molecule has 2 aromatic rings. The van der Waals surface area contributed by atoms with Gasteiger partial charge in [0.05, 0.1) is 11.3 Å². The molecule has 6 nitrogen and oxygen atoms in total. The van der Waals surface area contributed by atoms with Crippen molar-refractivity contribution in [3.8, 4) is 5.69 Å². The number of nitrogens with zero attached hydrogens (tertiary/aromatic N) is 5. The zero-order valence-electron chi connectivity index (χ0n) is 14.0. The van der Waals surface area contributed by atoms with Gasteiger partial charge in [-0.15, -0.1) is 5.10 Å². The molecule has 0 saturated carbocycles. The zero-order valence-corrected chi connectivity index (χ0v) is 16.3. The Morgan fingerprint density at radius 1 is 1.04 bits per heavy atom. The van der Waals surface area contributed by atoms with Crippen LogP contribution in [0.25, 0.3) is 11.3 Å². The first-order chi connectivity index (χ1) is 12.5. The zero-order chi connectivity index (χ0) is 18.6. The molecule has 0 aliphatic carbocycles. The van der Waals surface area contributed by atoms with E-state index in [9.17, 15) is 4.79 Å². The summed E-state index contributed by atoms with van der Waals surface area (Å²) in [4.78, 5) is 14.9. The van der Waals surface area contributed by atoms with E-state index in [-0.39, 0.29) is 11.4 Å². The van der Waals surface area contributed by atoms with Crippen LogP contribution >= 0.6 is 34.8 Å². The van der Waals surface area contributed by atoms with Crippen molar-refractivity contribution in [2.45, 2.75) is 29.5 Å². The van der Waals surface area contributed by atoms with Crippen molar-refractivity contribution in [1.82, 2.24) is 25.1 Å². The van der Waals surface area contributed by atoms with Gasteiger partial charge < -0.3 is 4.90 Å². The van der Waals surface area contributed by atoms with Crippen LogP contribution in [-0.2, 0) is 4.79 Å². The molecule has 138 valence electrons. The summed E-state index contributed by atoms with van der Waals surface area (Å²) in [6.45, 7) is 1.67. The topological polar surface area (TPSA) is 63.9 Å². The van der Waals surface area contributed by atoms with Crippen molar-refractivity contribution in [2.24, 2.45) is 0 Å². The summed E-state index contributed by atoms with van der Waals surface area (Å²) in [5.41, 5.74) is 0.895. The number of carbonyl (C=O) groups excluding carboxylic acids is 1. The van der Waals surface area contributed by atoms with Gasteiger partial charge in [-0.2, -0.15) is 4.68 Å². The molecule has 0 radical (unpaired) electrons. The lowest BCUT2D eigenvalue weighted by Crippen LogP contribution is -2.26. The molecule has 0 N–H and O–H groups in total. The Morgan fingerprint density at radius 3 is 2.31 bits per heavy atom. The van der Waals surface area contributed by atoms with Gasteiger partial charge in [-0.1, -0.05) is 65.8 Å². The smallest absolute Gasteiger partial charge is 0.253 e. The molecule has 0 bridgehead atoms. The summed E-state index contributed by atoms with van der Waals surface area (Å²) < 4.78 is -0.622. The Morgan fingerprint density at radius 2 is 1.69 bits per heavy atom. The van der Waals surface area contributed by atoms with Crippen molar-refractivity contribution >= 4 is 46.2 Å². The van der Waals surface area contributed by atoms with Crippen LogP contribution in [0.3, 0.4) is 0 Å². The Bertz CT molecular complexity index is 777. The fourth-order valence-electron chi connectivity index (χ4n) is 2.88. The number of ketones is 1. The normalized spacial score (nSPS) is 16.4. The van der Waals surface area contributed by atoms with Crippen LogP contribution in [0.2, 0.25) is 0 Å². The predicted octanol–water partition coefficient (Wildman–Crippen LogP) is 3.82. The standard InChI is InChI=1S/C17H18Cl3N5O/c18-17(19,20)15(26)14(12-24-10-6-1-2-7-11-24)16-21-22-23-25(16)13-8-4-3-5-9-13/h3-5,8-9,12H,1-2,6-7,10-11H2/b14-12+. The lowest BCUT2D eigenvalue weighted by molar-refractivity contribution is -0.113. The van der Waals surface area contributed by atoms with Crippen molar-refractivity contribution in [3.05, 3.63) is 42.4 Å². The molecule has 0 amide bonds. The third-order valence-electron chi connectivity index (χ3n) is 4.17. The van der Waals surface area contributed by atoms with Crippen LogP contribution in [0.1, 0.15) is 31.5 Å². The highest BCUT2D eigenvalue weighted by Crippen LogP contribution is 2.33. The third-order valence-corrected chi connectivity index (χ3v) is 4.68. The second kappa shape index (κ2) is 8.37. The molecule has 1 aromatic heterocycles. The maximum absolute atomic E-state index is 12.8. The fourth-order valence-corrected chi connectivity index (χ4v) is 3.18. The van der Waals surface area contributed by atoms with Gasteiger partial charge in [0.1, 0.15) is 0 Å². The summed E-state index contributed by atoms with van der Waals surface area (Å²) >= 11 is 17.7. The van der Waals surface area contributed by atoms with Crippen molar-refractivity contribution < 1.29 is 4.79 Å². The van der Waals surface area contributed by atoms with E-state index in [1.807, 2.05) is 30.3 Å². The number of halogens is 3. The average molecular weight is 415 g/mol. The second-order valence-electron chi connectivity index (χ2n) is 6.07. The number of para-hydroxylation sites is 1. The lowest BCUT2D eigenvalue weighted by Gasteiger charge is -2.20. The quantitative estimate of drug-likeness (QED) is 0.562. The summed E-state index contributed by atoms with van der Waals surface area (Å²) in [6, 6.07) is 9.27. The molecule has 1 aliphatic rings. The summed E-state index contributed by atoms with van der Waals surface area (Å²) in [5, 5.41) is 11.7. The summed E-state index contributed by atoms with van der Waals surface area (Å²) in [6.07, 6.45) is 6.16. The molecular formula is C17H18Cl3N5O. The first-order valence-corrected chi connectivity index (χ1v) is 9.52. The Hall–Kier alpha value is -1.63. The molecule has 26 heavy (non-hydrogen) atoms. The van der Waals surface area contributed by atoms with Gasteiger partial charge >= 0.3 is 0 Å². The van der Waals surface area contributed by atoms with Gasteiger partial charge in [0, 0.05) is 19.3 Å². The monoisotopic (exact) mass is 413 g/mol. The van der Waals surface area contributed by atoms with E-state index in [2.05, 4.69) is 20.4 Å². The van der Waals surface area contributed by atoms with Gasteiger partial charge in [-0.25, -0.2) is 0 Å². The Balaban J connectivity index is 2.05. The SMILES string of the molecule is O=C(/C(=C\N1CCCCCC1)c1nnnn1-c1ccccc1)C(Cl)(Cl)Cl. The molecule has 1 fully saturated rings. The summed E-state index contributed by atoms with van der Waals surface area (Å²) in [7, 11) is 0. The lowest BCUT2D eigenvalue weighted by atomic mass is 10.1. The molecule has 0 unspecified atom stereocenters. The minimum atomic E-state index is -2.09. The van der Waals surface area contributed by atoms with Crippen LogP contribution in [0.4, 0.5) is 0 Å². The fraction of sp³-hybridized carbons (Fsp3) is 0.412. The van der Waals surface area contributed by atoms with Crippen LogP contribution in [0.15, 0.2) is 36.5 Å². The Labute approximate surface area is 166 Å². The summed E-state index contributed by atoms with van der Waals surface area (Å²) in [5.74, 6) is -0.407. The number of alkyl halides is 3. The highest BCUT2D eigenvalue weighted by molar-refractivity contribution is 6.79. The molecule has 1 aromatic carbocycles. The molecule has 3 rings (SSSR count). The van der Waals surface area contributed by atoms with E-state index in [1.54, 1.807) is 6.20 Å². The number of benzene rings is 1. The Kier molecular flexibility index (Phi) is 6.16. The number of allylic oxidation sites excluding steroid dienone is 1. The highest BCUT2D eigenvalue weighted by atomic mass is 35.6. The maximum Gasteiger partial charge on any atom is 0.253 e. The first kappa shape index (κ1) is 19.1. The van der Waals surface area contributed by atoms with E-state index in [4.69, 9.17) is 34.8 Å². The van der Waals surface area contributed by atoms with Crippen molar-refractivity contribution in [2.75, 3.05) is 13.1 Å². The maximum atomic E-state index is 12.8. The number of likely N-dealkylation sites (tertiary alicyclic amines) is 1. The molecule has 1 aliphatic heterocycles. The van der Waals surface area contributed by atoms with Crippen molar-refractivity contribution in [1.29, 1.82) is 0 Å². The van der Waals surface area contributed by atoms with Crippen LogP contribution in [0, 0.1) is 0 Å². The number of hydrogen-bond acceptors (Lipinski definition) is 5. The van der Waals surface area contributed by atoms with Gasteiger partial charge in [-0.05, 0) is 35.4 Å². The number of Topliss-reactive ketones (excluding diaryl/α,β-unsaturated/α-hetero) is 1. The number of hydrogen-bond donors (Lipinski definition) is 0. The number of tetrazole rings is 1. The van der Waals surface area contributed by atoms with Crippen molar-refractivity contribution in [3.63, 3.8) is 0 Å². The minimum Gasteiger partial charge on any atom is -0.377 e. The minimum absolute atomic E-state index is 0.181. The van der Waals surface area contributed by atoms with E-state index >= 15 is 0 Å². The number of aromatic nitrogens is 4. The average Bonchev–Trinajstić information content (AvgIpc) is 2.96. The van der Waals surface area contributed by atoms with E-state index in [0.717, 1.165) is 25.9 Å². The number of carbonyl (C=O) groups is 1. The van der Waals surface area contributed by atoms with E-state index in [0.29, 0.717) is 5.69 Å². The molecule has 0 spiro atoms. The number of rotatable bonds is 4. The van der Waals surface area contributed by atoms with Crippen LogP contribution in [-0.4, -0.2) is 47.8 Å². The molecule has 1 saturated heterocycles. The molecule has 2 heterocycles. The van der Waals surface area contributed by atoms with Crippen LogP contribution in [0.5, 0.6) is 0 Å². The van der Waals surface area contributed by atoms with E-state index in [1.165, 1.54) is 17.5 Å². The van der Waals surface area contributed by atoms with Gasteiger partial charge in [0.15, 0.2) is 5.82 Å². The van der Waals surface area contributed by atoms with Gasteiger partial charge in [0.25, 0.3) is 3.79 Å². The first-order valence-electron chi connectivity index (χ1n) is 8.38. The van der Waals surface area contributed by atoms with Crippen LogP contribution < -0.4 is 0 Å². The second-order valence-corrected chi connectivity index (χ2v) is 8.35. The van der Waals surface area contributed by atoms with Gasteiger partial charge in [-0.3, -0.25) is 4.79 Å². The highest BCUT2D eigenvalue weighted by Gasteiger charge is 2.36. The molecular weight excluding hydrogens is 397 g/mol. The molecule has 9 heteroatoms. The van der Waals surface area contributed by atoms with E-state index < -0.39 is 9.58 Å². The van der Waals surface area contributed by atoms with Gasteiger partial charge in [0.2, 0.25) is 5.78 Å². The predicted molar refractivity (Wildman–Crippen MR) is 102 cm³/mol. The largest absolute Gasteiger partial charge is 0.377 e.